The molecule has 0 aromatic heterocycles. The van der Waals surface area contributed by atoms with Crippen LogP contribution >= 0.6 is 0 Å². The number of esters is 5. The Hall–Kier alpha value is -3.25. The van der Waals surface area contributed by atoms with Crippen molar-refractivity contribution in [2.24, 2.45) is 17.3 Å². The Labute approximate surface area is 232 Å². The van der Waals surface area contributed by atoms with Crippen LogP contribution in [-0.2, 0) is 47.7 Å². The molecule has 9 atom stereocenters. The second kappa shape index (κ2) is 11.7. The molecule has 1 fully saturated rings. The van der Waals surface area contributed by atoms with E-state index in [-0.39, 0.29) is 18.4 Å². The van der Waals surface area contributed by atoms with Crippen molar-refractivity contribution in [1.82, 2.24) is 0 Å². The summed E-state index contributed by atoms with van der Waals surface area (Å²) < 4.78 is 28.5. The maximum Gasteiger partial charge on any atom is 0.312 e. The topological polar surface area (TPSA) is 172 Å². The number of aliphatic hydroxyl groups excluding tert-OH is 1. The van der Waals surface area contributed by atoms with Gasteiger partial charge in [-0.2, -0.15) is 0 Å². The molecule has 0 radical (unpaired) electrons. The molecule has 0 aromatic rings. The van der Waals surface area contributed by atoms with Crippen LogP contribution in [0.5, 0.6) is 0 Å². The molecule has 0 spiro atoms. The summed E-state index contributed by atoms with van der Waals surface area (Å²) in [6.07, 6.45) is -3.13. The van der Waals surface area contributed by atoms with Crippen molar-refractivity contribution in [1.29, 1.82) is 0 Å². The fourth-order valence-corrected chi connectivity index (χ4v) is 6.41. The number of rotatable bonds is 5. The molecule has 3 rings (SSSR count). The van der Waals surface area contributed by atoms with Crippen LogP contribution in [0.15, 0.2) is 23.3 Å². The van der Waals surface area contributed by atoms with E-state index < -0.39 is 89.8 Å². The Morgan fingerprint density at radius 2 is 1.52 bits per heavy atom. The molecule has 3 aliphatic rings. The van der Waals surface area contributed by atoms with Gasteiger partial charge in [0.15, 0.2) is 11.7 Å². The molecular weight excluding hydrogens is 528 g/mol. The third-order valence-electron chi connectivity index (χ3n) is 8.31. The first-order valence-corrected chi connectivity index (χ1v) is 13.2. The second-order valence-electron chi connectivity index (χ2n) is 11.0. The highest BCUT2D eigenvalue weighted by molar-refractivity contribution is 5.78. The first kappa shape index (κ1) is 31.3. The molecule has 12 nitrogen and oxygen atoms in total. The number of fused-ring (bicyclic) bond motifs is 2. The number of aliphatic hydroxyl groups is 2. The van der Waals surface area contributed by atoms with Gasteiger partial charge in [-0.05, 0) is 25.5 Å². The van der Waals surface area contributed by atoms with E-state index in [1.807, 2.05) is 0 Å². The van der Waals surface area contributed by atoms with Crippen LogP contribution < -0.4 is 0 Å². The van der Waals surface area contributed by atoms with Gasteiger partial charge in [-0.1, -0.05) is 18.6 Å². The van der Waals surface area contributed by atoms with E-state index >= 15 is 0 Å². The van der Waals surface area contributed by atoms with Crippen LogP contribution in [0.25, 0.3) is 0 Å². The van der Waals surface area contributed by atoms with E-state index in [1.165, 1.54) is 33.8 Å². The summed E-state index contributed by atoms with van der Waals surface area (Å²) in [6.45, 7) is 8.88. The average molecular weight is 567 g/mol. The van der Waals surface area contributed by atoms with Crippen molar-refractivity contribution >= 4 is 29.8 Å². The minimum absolute atomic E-state index is 0.0633. The Balaban J connectivity index is 2.45. The number of ether oxygens (including phenoxy) is 5. The number of hydrogen-bond acceptors (Lipinski definition) is 12. The van der Waals surface area contributed by atoms with Gasteiger partial charge >= 0.3 is 29.8 Å². The Morgan fingerprint density at radius 3 is 2.05 bits per heavy atom. The summed E-state index contributed by atoms with van der Waals surface area (Å²) in [5.41, 5.74) is -2.92. The van der Waals surface area contributed by atoms with Gasteiger partial charge in [0.1, 0.15) is 24.4 Å². The van der Waals surface area contributed by atoms with Crippen LogP contribution in [0.1, 0.15) is 61.3 Å². The van der Waals surface area contributed by atoms with Crippen molar-refractivity contribution < 1.29 is 57.9 Å². The molecule has 1 heterocycles. The molecular formula is C28H38O12. The first-order valence-electron chi connectivity index (χ1n) is 13.2. The van der Waals surface area contributed by atoms with Gasteiger partial charge in [-0.15, -0.1) is 0 Å². The summed E-state index contributed by atoms with van der Waals surface area (Å²) in [5.74, 6) is -5.77. The van der Waals surface area contributed by atoms with Crippen LogP contribution in [0.4, 0.5) is 0 Å². The highest BCUT2D eigenvalue weighted by Crippen LogP contribution is 2.55. The van der Waals surface area contributed by atoms with Crippen molar-refractivity contribution in [2.75, 3.05) is 6.61 Å². The van der Waals surface area contributed by atoms with E-state index in [0.717, 1.165) is 6.92 Å². The molecule has 1 aliphatic heterocycles. The predicted octanol–water partition coefficient (Wildman–Crippen LogP) is 1.30. The molecule has 0 saturated carbocycles. The smallest absolute Gasteiger partial charge is 0.312 e. The van der Waals surface area contributed by atoms with Crippen LogP contribution in [0, 0.1) is 17.3 Å². The van der Waals surface area contributed by atoms with Gasteiger partial charge in [-0.25, -0.2) is 0 Å². The van der Waals surface area contributed by atoms with Crippen molar-refractivity contribution in [3.05, 3.63) is 23.3 Å². The van der Waals surface area contributed by atoms with E-state index in [1.54, 1.807) is 19.9 Å². The summed E-state index contributed by atoms with van der Waals surface area (Å²) in [7, 11) is 0. The van der Waals surface area contributed by atoms with Crippen molar-refractivity contribution in [3.8, 4) is 0 Å². The standard InChI is InChI=1S/C28H38O12/c1-13-8-9-21(37-16(4)31)27(7)22(38-17(5)32)11-20(36-15(3)30)19(12-29)10-23-28(35,14(2)26(34)40-23)25(24(13)27)39-18(6)33/h8,10,14,20-25,29,35H,9,11-12H2,1-7H3/b19-10-/t14-,20+,21-,22+,23-,24+,25+,27+,28-/m0/s1. The van der Waals surface area contributed by atoms with E-state index in [2.05, 4.69) is 0 Å². The average Bonchev–Trinajstić information content (AvgIpc) is 3.05. The normalized spacial score (nSPS) is 38.7. The number of carbonyl (C=O) groups excluding carboxylic acids is 5. The molecule has 1 saturated heterocycles. The zero-order valence-corrected chi connectivity index (χ0v) is 23.8. The van der Waals surface area contributed by atoms with Gasteiger partial charge in [0.25, 0.3) is 0 Å². The van der Waals surface area contributed by atoms with Gasteiger partial charge in [0.2, 0.25) is 0 Å². The third-order valence-corrected chi connectivity index (χ3v) is 8.31. The molecule has 0 aromatic carbocycles. The minimum atomic E-state index is -2.19. The lowest BCUT2D eigenvalue weighted by Crippen LogP contribution is -2.65. The van der Waals surface area contributed by atoms with Gasteiger partial charge in [-0.3, -0.25) is 24.0 Å². The highest BCUT2D eigenvalue weighted by atomic mass is 16.6. The molecule has 2 aliphatic carbocycles. The molecule has 2 N–H and O–H groups in total. The quantitative estimate of drug-likeness (QED) is 0.278. The maximum absolute atomic E-state index is 12.9. The predicted molar refractivity (Wildman–Crippen MR) is 136 cm³/mol. The van der Waals surface area contributed by atoms with Gasteiger partial charge in [0, 0.05) is 46.5 Å². The van der Waals surface area contributed by atoms with Crippen LogP contribution in [0.3, 0.4) is 0 Å². The van der Waals surface area contributed by atoms with E-state index in [0.29, 0.717) is 5.57 Å². The van der Waals surface area contributed by atoms with Crippen LogP contribution in [0.2, 0.25) is 0 Å². The Morgan fingerprint density at radius 1 is 0.975 bits per heavy atom. The fourth-order valence-electron chi connectivity index (χ4n) is 6.41. The molecule has 40 heavy (non-hydrogen) atoms. The number of hydrogen-bond donors (Lipinski definition) is 2. The monoisotopic (exact) mass is 566 g/mol. The summed E-state index contributed by atoms with van der Waals surface area (Å²) >= 11 is 0. The zero-order chi connectivity index (χ0) is 30.2. The van der Waals surface area contributed by atoms with E-state index in [4.69, 9.17) is 23.7 Å². The lowest BCUT2D eigenvalue weighted by atomic mass is 9.56. The second-order valence-corrected chi connectivity index (χ2v) is 11.0. The largest absolute Gasteiger partial charge is 0.462 e. The minimum Gasteiger partial charge on any atom is -0.462 e. The van der Waals surface area contributed by atoms with Crippen LogP contribution in [-0.4, -0.2) is 82.8 Å². The number of carbonyl (C=O) groups is 5. The summed E-state index contributed by atoms with van der Waals surface area (Å²) in [6, 6.07) is 0. The Kier molecular flexibility index (Phi) is 9.15. The molecule has 0 amide bonds. The molecule has 222 valence electrons. The zero-order valence-electron chi connectivity index (χ0n) is 23.8. The SMILES string of the molecule is CC(=O)O[C@H]1CC=C(C)[C@@H]2[C@@H](OC(C)=O)[C@@]3(O)[C@H](/C=C(/CO)[C@H](OC(C)=O)C[C@@H](OC(C)=O)[C@@]12C)OC(=O)[C@@H]3C. The van der Waals surface area contributed by atoms with Gasteiger partial charge in [0.05, 0.1) is 17.9 Å². The van der Waals surface area contributed by atoms with Crippen molar-refractivity contribution in [2.45, 2.75) is 97.4 Å². The lowest BCUT2D eigenvalue weighted by Gasteiger charge is -2.55. The Bertz CT molecular complexity index is 1120. The van der Waals surface area contributed by atoms with Gasteiger partial charge < -0.3 is 33.9 Å². The van der Waals surface area contributed by atoms with E-state index in [9.17, 15) is 34.2 Å². The third kappa shape index (κ3) is 5.64. The highest BCUT2D eigenvalue weighted by Gasteiger charge is 2.67. The molecule has 0 unspecified atom stereocenters. The maximum atomic E-state index is 12.9. The summed E-state index contributed by atoms with van der Waals surface area (Å²) in [5, 5.41) is 22.7. The first-order chi connectivity index (χ1) is 18.6. The van der Waals surface area contributed by atoms with Crippen molar-refractivity contribution in [3.63, 3.8) is 0 Å². The summed E-state index contributed by atoms with van der Waals surface area (Å²) in [4.78, 5) is 62.3. The fraction of sp³-hybridized carbons (Fsp3) is 0.679. The molecule has 0 bridgehead atoms. The molecule has 12 heteroatoms. The lowest BCUT2D eigenvalue weighted by molar-refractivity contribution is -0.218.